The summed E-state index contributed by atoms with van der Waals surface area (Å²) in [5.74, 6) is 7.10. The highest BCUT2D eigenvalue weighted by Gasteiger charge is 2.61. The number of hydrogen-bond donors (Lipinski definition) is 2. The number of phenols is 1. The van der Waals surface area contributed by atoms with Crippen molar-refractivity contribution in [3.05, 3.63) is 149 Å². The predicted octanol–water partition coefficient (Wildman–Crippen LogP) is 10.4. The zero-order chi connectivity index (χ0) is 38.2. The van der Waals surface area contributed by atoms with Crippen LogP contribution in [0.5, 0.6) is 17.2 Å². The van der Waals surface area contributed by atoms with Gasteiger partial charge in [-0.1, -0.05) is 91.7 Å². The molecular formula is C49H46O6. The fraction of sp³-hybridized carbons (Fsp3) is 0.286. The number of rotatable bonds is 3. The summed E-state index contributed by atoms with van der Waals surface area (Å²) >= 11 is 0. The Morgan fingerprint density at radius 3 is 2.51 bits per heavy atom. The van der Waals surface area contributed by atoms with Gasteiger partial charge in [0, 0.05) is 17.0 Å². The molecular weight excluding hydrogens is 685 g/mol. The molecule has 2 heterocycles. The average Bonchev–Trinajstić information content (AvgIpc) is 3.79. The van der Waals surface area contributed by atoms with E-state index in [4.69, 9.17) is 20.3 Å². The van der Waals surface area contributed by atoms with E-state index in [0.29, 0.717) is 47.0 Å². The van der Waals surface area contributed by atoms with E-state index in [9.17, 15) is 15.0 Å². The predicted molar refractivity (Wildman–Crippen MR) is 218 cm³/mol. The molecule has 0 amide bonds. The van der Waals surface area contributed by atoms with Gasteiger partial charge in [0.2, 0.25) is 6.79 Å². The first kappa shape index (κ1) is 36.2. The zero-order valence-corrected chi connectivity index (χ0v) is 31.2. The largest absolute Gasteiger partial charge is 0.508 e. The number of terminal acetylenes is 1. The van der Waals surface area contributed by atoms with E-state index in [2.05, 4.69) is 25.5 Å². The molecule has 4 aliphatic rings. The third kappa shape index (κ3) is 6.68. The number of ether oxygens (including phenoxy) is 2. The van der Waals surface area contributed by atoms with Crippen LogP contribution in [0.25, 0.3) is 33.1 Å². The van der Waals surface area contributed by atoms with Gasteiger partial charge in [-0.2, -0.15) is 0 Å². The van der Waals surface area contributed by atoms with E-state index >= 15 is 0 Å². The smallest absolute Gasteiger partial charge is 0.231 e. The summed E-state index contributed by atoms with van der Waals surface area (Å²) in [5.41, 5.74) is 4.42. The molecule has 55 heavy (non-hydrogen) atoms. The van der Waals surface area contributed by atoms with Gasteiger partial charge in [-0.15, -0.1) is 13.0 Å². The maximum Gasteiger partial charge on any atom is 0.231 e. The van der Waals surface area contributed by atoms with E-state index < -0.39 is 5.60 Å². The molecule has 0 saturated heterocycles. The standard InChI is InChI=1S/C20H24O2.C19H12O2.C10H10O2/c1-3-20(22)11-9-18-17-6-4-13-12-14(21)5-7-15(13)16(17)8-10-19(18,20)2;20-16-12-18(14-7-2-1-3-8-14)21-17-11-10-13-6-4-5-9-15(13)19(16)17;1-2-3-8-4-5-9-10(6-8)12-7-11-9/h1,5,7,12,16-18,21-22H,4,6,8-11H2,2H3;1-12H;2,4-6H,1,3,7H2/t16-,17-,18+,19+,20+;;/m1../s1. The number of aryl methyl sites for hydroxylation is 1. The Bertz CT molecular complexity index is 2480. The normalized spacial score (nSPS) is 24.2. The Labute approximate surface area is 322 Å². The molecule has 2 saturated carbocycles. The Balaban J connectivity index is 0.000000122. The number of aliphatic hydroxyl groups is 1. The van der Waals surface area contributed by atoms with Crippen molar-refractivity contribution in [3.63, 3.8) is 0 Å². The van der Waals surface area contributed by atoms with Crippen molar-refractivity contribution in [3.8, 4) is 40.9 Å². The lowest BCUT2D eigenvalue weighted by atomic mass is 9.53. The fourth-order valence-corrected chi connectivity index (χ4v) is 9.73. The minimum absolute atomic E-state index is 0.00750. The van der Waals surface area contributed by atoms with Crippen LogP contribution in [0.2, 0.25) is 0 Å². The van der Waals surface area contributed by atoms with Crippen LogP contribution in [0.15, 0.2) is 131 Å². The fourth-order valence-electron chi connectivity index (χ4n) is 9.73. The van der Waals surface area contributed by atoms with Crippen LogP contribution in [0, 0.1) is 29.6 Å². The van der Waals surface area contributed by atoms with Crippen LogP contribution >= 0.6 is 0 Å². The maximum atomic E-state index is 12.5. The van der Waals surface area contributed by atoms with Gasteiger partial charge in [-0.25, -0.2) is 0 Å². The molecule has 6 aromatic rings. The number of phenolic OH excluding ortho intramolecular Hbond substituents is 1. The maximum absolute atomic E-state index is 12.5. The minimum Gasteiger partial charge on any atom is -0.508 e. The van der Waals surface area contributed by atoms with Gasteiger partial charge in [0.05, 0.1) is 5.39 Å². The summed E-state index contributed by atoms with van der Waals surface area (Å²) in [7, 11) is 0. The van der Waals surface area contributed by atoms with Crippen molar-refractivity contribution in [2.45, 2.75) is 63.4 Å². The highest BCUT2D eigenvalue weighted by Crippen LogP contribution is 2.64. The van der Waals surface area contributed by atoms with Gasteiger partial charge in [0.1, 0.15) is 22.7 Å². The second kappa shape index (κ2) is 14.8. The molecule has 2 fully saturated rings. The van der Waals surface area contributed by atoms with Crippen molar-refractivity contribution >= 4 is 21.7 Å². The molecule has 278 valence electrons. The van der Waals surface area contributed by atoms with Gasteiger partial charge in [-0.05, 0) is 120 Å². The number of benzene rings is 5. The lowest BCUT2D eigenvalue weighted by Crippen LogP contribution is -2.50. The molecule has 1 aliphatic heterocycles. The lowest BCUT2D eigenvalue weighted by Gasteiger charge is -2.52. The quantitative estimate of drug-likeness (QED) is 0.107. The molecule has 0 spiro atoms. The zero-order valence-electron chi connectivity index (χ0n) is 31.2. The van der Waals surface area contributed by atoms with E-state index in [1.165, 1.54) is 16.7 Å². The Kier molecular flexibility index (Phi) is 9.75. The van der Waals surface area contributed by atoms with Gasteiger partial charge in [-0.3, -0.25) is 4.79 Å². The van der Waals surface area contributed by atoms with Crippen molar-refractivity contribution in [1.29, 1.82) is 0 Å². The van der Waals surface area contributed by atoms with Crippen LogP contribution in [0.3, 0.4) is 0 Å². The molecule has 2 N–H and O–H groups in total. The highest BCUT2D eigenvalue weighted by molar-refractivity contribution is 6.05. The van der Waals surface area contributed by atoms with E-state index in [1.54, 1.807) is 6.07 Å². The van der Waals surface area contributed by atoms with E-state index in [-0.39, 0.29) is 10.8 Å². The van der Waals surface area contributed by atoms with Crippen LogP contribution in [-0.2, 0) is 12.8 Å². The monoisotopic (exact) mass is 730 g/mol. The van der Waals surface area contributed by atoms with Crippen LogP contribution < -0.4 is 14.9 Å². The van der Waals surface area contributed by atoms with Gasteiger partial charge in [0.25, 0.3) is 0 Å². The Morgan fingerprint density at radius 2 is 1.69 bits per heavy atom. The molecule has 0 radical (unpaired) electrons. The number of hydrogen-bond acceptors (Lipinski definition) is 6. The van der Waals surface area contributed by atoms with Crippen LogP contribution in [-0.4, -0.2) is 22.6 Å². The third-order valence-electron chi connectivity index (χ3n) is 12.6. The molecule has 6 heteroatoms. The number of fused-ring (bicyclic) bond motifs is 9. The number of aromatic hydroxyl groups is 1. The molecule has 6 nitrogen and oxygen atoms in total. The van der Waals surface area contributed by atoms with Crippen molar-refractivity contribution in [2.24, 2.45) is 17.3 Å². The first-order valence-corrected chi connectivity index (χ1v) is 19.2. The summed E-state index contributed by atoms with van der Waals surface area (Å²) in [5, 5.41) is 23.3. The highest BCUT2D eigenvalue weighted by atomic mass is 16.7. The van der Waals surface area contributed by atoms with Gasteiger partial charge in [0.15, 0.2) is 16.9 Å². The molecule has 0 unspecified atom stereocenters. The van der Waals surface area contributed by atoms with Crippen molar-refractivity contribution in [1.82, 2.24) is 0 Å². The van der Waals surface area contributed by atoms with Crippen LogP contribution in [0.1, 0.15) is 61.6 Å². The van der Waals surface area contributed by atoms with Crippen molar-refractivity contribution < 1.29 is 24.1 Å². The second-order valence-corrected chi connectivity index (χ2v) is 15.5. The summed E-state index contributed by atoms with van der Waals surface area (Å²) in [6.45, 7) is 6.23. The van der Waals surface area contributed by atoms with Gasteiger partial charge >= 0.3 is 0 Å². The molecule has 5 atom stereocenters. The van der Waals surface area contributed by atoms with Gasteiger partial charge < -0.3 is 24.1 Å². The summed E-state index contributed by atoms with van der Waals surface area (Å²) in [6, 6.07) is 34.8. The molecule has 0 bridgehead atoms. The molecule has 1 aromatic heterocycles. The lowest BCUT2D eigenvalue weighted by molar-refractivity contribution is -0.0646. The third-order valence-corrected chi connectivity index (χ3v) is 12.6. The molecule has 10 rings (SSSR count). The van der Waals surface area contributed by atoms with E-state index in [0.717, 1.165) is 72.8 Å². The van der Waals surface area contributed by atoms with Crippen molar-refractivity contribution in [2.75, 3.05) is 6.79 Å². The van der Waals surface area contributed by atoms with E-state index in [1.807, 2.05) is 103 Å². The topological polar surface area (TPSA) is 89.1 Å². The summed E-state index contributed by atoms with van der Waals surface area (Å²) in [4.78, 5) is 12.5. The minimum atomic E-state index is -0.919. The summed E-state index contributed by atoms with van der Waals surface area (Å²) < 4.78 is 16.3. The Morgan fingerprint density at radius 1 is 0.891 bits per heavy atom. The molecule has 3 aliphatic carbocycles. The SMILES string of the molecule is C#C[C@]1(O)CC[C@H]2[C@@H]3CCc4cc(O)ccc4[C@H]3CC[C@@]21C.C=CCc1ccc2c(c1)OCO2.O=c1cc(-c2ccccc2)oc2ccc3ccccc3c12. The molecule has 5 aromatic carbocycles. The summed E-state index contributed by atoms with van der Waals surface area (Å²) in [6.07, 6.45) is 14.5. The van der Waals surface area contributed by atoms with Crippen LogP contribution in [0.4, 0.5) is 0 Å². The number of allylic oxidation sites excluding steroid dienone is 1. The average molecular weight is 731 g/mol. The first-order chi connectivity index (χ1) is 26.7. The Hall–Kier alpha value is -5.77. The second-order valence-electron chi connectivity index (χ2n) is 15.5. The first-order valence-electron chi connectivity index (χ1n) is 19.2.